The summed E-state index contributed by atoms with van der Waals surface area (Å²) in [6.45, 7) is 1.60. The lowest BCUT2D eigenvalue weighted by Crippen LogP contribution is -2.43. The molecule has 5 nitrogen and oxygen atoms in total. The number of fused-ring (bicyclic) bond motifs is 2. The average molecular weight is 351 g/mol. The zero-order valence-corrected chi connectivity index (χ0v) is 15.0. The number of rotatable bonds is 3. The van der Waals surface area contributed by atoms with Crippen molar-refractivity contribution in [1.82, 2.24) is 15.0 Å². The van der Waals surface area contributed by atoms with E-state index in [4.69, 9.17) is 4.52 Å². The molecular formula is C21H25N3O2. The highest BCUT2D eigenvalue weighted by Gasteiger charge is 2.45. The van der Waals surface area contributed by atoms with Crippen LogP contribution in [0.15, 0.2) is 34.9 Å². The van der Waals surface area contributed by atoms with Gasteiger partial charge in [0.2, 0.25) is 17.6 Å². The molecule has 1 unspecified atom stereocenters. The molecule has 0 radical (unpaired) electrons. The highest BCUT2D eigenvalue weighted by atomic mass is 16.5. The quantitative estimate of drug-likeness (QED) is 0.842. The normalized spacial score (nSPS) is 30.7. The molecule has 0 spiro atoms. The fourth-order valence-corrected chi connectivity index (χ4v) is 5.27. The Morgan fingerprint density at radius 3 is 2.77 bits per heavy atom. The Kier molecular flexibility index (Phi) is 4.03. The summed E-state index contributed by atoms with van der Waals surface area (Å²) in [7, 11) is 0. The van der Waals surface area contributed by atoms with E-state index in [0.29, 0.717) is 23.5 Å². The number of amides is 1. The lowest BCUT2D eigenvalue weighted by atomic mass is 9.86. The molecule has 1 aromatic heterocycles. The Hall–Kier alpha value is -2.17. The average Bonchev–Trinajstić information content (AvgIpc) is 3.45. The summed E-state index contributed by atoms with van der Waals surface area (Å²) in [5.41, 5.74) is 0.966. The second kappa shape index (κ2) is 6.53. The smallest absolute Gasteiger partial charge is 0.231 e. The van der Waals surface area contributed by atoms with Crippen LogP contribution in [0.25, 0.3) is 11.4 Å². The van der Waals surface area contributed by atoms with Gasteiger partial charge in [-0.05, 0) is 43.9 Å². The van der Waals surface area contributed by atoms with Crippen LogP contribution in [-0.2, 0) is 4.79 Å². The van der Waals surface area contributed by atoms with Crippen molar-refractivity contribution in [1.29, 1.82) is 0 Å². The Balaban J connectivity index is 1.29. The zero-order valence-electron chi connectivity index (χ0n) is 15.0. The van der Waals surface area contributed by atoms with Crippen LogP contribution >= 0.6 is 0 Å². The molecular weight excluding hydrogens is 326 g/mol. The summed E-state index contributed by atoms with van der Waals surface area (Å²) in [6, 6.07) is 9.90. The molecule has 136 valence electrons. The Labute approximate surface area is 153 Å². The zero-order chi connectivity index (χ0) is 17.5. The van der Waals surface area contributed by atoms with Gasteiger partial charge in [0.05, 0.1) is 5.92 Å². The van der Waals surface area contributed by atoms with Crippen LogP contribution in [0, 0.1) is 17.8 Å². The van der Waals surface area contributed by atoms with Crippen LogP contribution < -0.4 is 0 Å². The van der Waals surface area contributed by atoms with Gasteiger partial charge in [-0.25, -0.2) is 0 Å². The molecule has 2 saturated carbocycles. The van der Waals surface area contributed by atoms with E-state index in [-0.39, 0.29) is 11.8 Å². The first-order chi connectivity index (χ1) is 12.8. The number of nitrogens with zero attached hydrogens (tertiary/aromatic N) is 3. The van der Waals surface area contributed by atoms with Crippen molar-refractivity contribution in [2.45, 2.75) is 44.4 Å². The summed E-state index contributed by atoms with van der Waals surface area (Å²) in [5.74, 6) is 3.57. The van der Waals surface area contributed by atoms with Crippen molar-refractivity contribution < 1.29 is 9.32 Å². The van der Waals surface area contributed by atoms with Gasteiger partial charge in [0.25, 0.3) is 0 Å². The molecule has 26 heavy (non-hydrogen) atoms. The van der Waals surface area contributed by atoms with Gasteiger partial charge in [0.1, 0.15) is 0 Å². The molecule has 1 aromatic carbocycles. The molecule has 3 aliphatic rings. The lowest BCUT2D eigenvalue weighted by molar-refractivity contribution is -0.138. The van der Waals surface area contributed by atoms with E-state index in [1.165, 1.54) is 19.3 Å². The fraction of sp³-hybridized carbons (Fsp3) is 0.571. The summed E-state index contributed by atoms with van der Waals surface area (Å²) >= 11 is 0. The van der Waals surface area contributed by atoms with Gasteiger partial charge in [-0.15, -0.1) is 0 Å². The van der Waals surface area contributed by atoms with Gasteiger partial charge in [-0.2, -0.15) is 4.98 Å². The molecule has 1 saturated heterocycles. The largest absolute Gasteiger partial charge is 0.342 e. The van der Waals surface area contributed by atoms with E-state index in [2.05, 4.69) is 15.0 Å². The van der Waals surface area contributed by atoms with E-state index >= 15 is 0 Å². The van der Waals surface area contributed by atoms with E-state index in [9.17, 15) is 4.79 Å². The highest BCUT2D eigenvalue weighted by Crippen LogP contribution is 2.49. The summed E-state index contributed by atoms with van der Waals surface area (Å²) in [5, 5.41) is 4.15. The molecule has 1 amide bonds. The van der Waals surface area contributed by atoms with Crippen LogP contribution in [0.4, 0.5) is 0 Å². The second-order valence-corrected chi connectivity index (χ2v) is 8.23. The van der Waals surface area contributed by atoms with Gasteiger partial charge in [-0.3, -0.25) is 4.79 Å². The molecule has 2 heterocycles. The Morgan fingerprint density at radius 1 is 1.12 bits per heavy atom. The third kappa shape index (κ3) is 2.83. The second-order valence-electron chi connectivity index (χ2n) is 8.23. The van der Waals surface area contributed by atoms with Crippen molar-refractivity contribution in [3.05, 3.63) is 36.2 Å². The summed E-state index contributed by atoms with van der Waals surface area (Å²) in [4.78, 5) is 19.7. The number of hydrogen-bond acceptors (Lipinski definition) is 4. The minimum atomic E-state index is 0.163. The fourth-order valence-electron chi connectivity index (χ4n) is 5.27. The van der Waals surface area contributed by atoms with E-state index in [0.717, 1.165) is 43.8 Å². The predicted molar refractivity (Wildman–Crippen MR) is 97.2 cm³/mol. The predicted octanol–water partition coefficient (Wildman–Crippen LogP) is 3.88. The highest BCUT2D eigenvalue weighted by molar-refractivity contribution is 5.80. The molecule has 3 fully saturated rings. The monoisotopic (exact) mass is 351 g/mol. The molecule has 1 aliphatic heterocycles. The molecule has 2 aromatic rings. The van der Waals surface area contributed by atoms with Crippen LogP contribution in [0.2, 0.25) is 0 Å². The van der Waals surface area contributed by atoms with Crippen LogP contribution in [0.1, 0.15) is 50.3 Å². The third-order valence-electron chi connectivity index (χ3n) is 6.61. The maximum atomic E-state index is 13.1. The first kappa shape index (κ1) is 16.0. The standard InChI is InChI=1S/C21H25N3O2/c25-21(18-12-14-8-9-16(18)11-14)24-10-4-7-17(13-24)20-22-19(23-26-20)15-5-2-1-3-6-15/h1-3,5-6,14,16-18H,4,7-13H2/t14-,16+,17+,18?/m1/s1. The first-order valence-electron chi connectivity index (χ1n) is 9.96. The maximum absolute atomic E-state index is 13.1. The van der Waals surface area contributed by atoms with Gasteiger partial charge in [-0.1, -0.05) is 41.9 Å². The maximum Gasteiger partial charge on any atom is 0.231 e. The molecule has 2 bridgehead atoms. The van der Waals surface area contributed by atoms with Crippen molar-refractivity contribution in [2.24, 2.45) is 17.8 Å². The topological polar surface area (TPSA) is 59.2 Å². The lowest BCUT2D eigenvalue weighted by Gasteiger charge is -2.34. The van der Waals surface area contributed by atoms with Gasteiger partial charge >= 0.3 is 0 Å². The number of benzene rings is 1. The SMILES string of the molecule is O=C(C1C[C@@H]2CC[C@H]1C2)N1CCC[C@H](c2nc(-c3ccccc3)no2)C1. The van der Waals surface area contributed by atoms with Gasteiger partial charge in [0, 0.05) is 24.6 Å². The first-order valence-corrected chi connectivity index (χ1v) is 9.96. The van der Waals surface area contributed by atoms with Crippen LogP contribution in [-0.4, -0.2) is 34.0 Å². The Bertz CT molecular complexity index is 788. The van der Waals surface area contributed by atoms with Crippen molar-refractivity contribution in [3.63, 3.8) is 0 Å². The van der Waals surface area contributed by atoms with E-state index in [1.807, 2.05) is 30.3 Å². The summed E-state index contributed by atoms with van der Waals surface area (Å²) < 4.78 is 5.56. The number of carbonyl (C=O) groups is 1. The molecule has 4 atom stereocenters. The number of likely N-dealkylation sites (tertiary alicyclic amines) is 1. The molecule has 5 heteroatoms. The minimum absolute atomic E-state index is 0.163. The van der Waals surface area contributed by atoms with Crippen molar-refractivity contribution in [3.8, 4) is 11.4 Å². The van der Waals surface area contributed by atoms with Crippen LogP contribution in [0.3, 0.4) is 0 Å². The van der Waals surface area contributed by atoms with Gasteiger partial charge < -0.3 is 9.42 Å². The van der Waals surface area contributed by atoms with Crippen LogP contribution in [0.5, 0.6) is 0 Å². The number of hydrogen-bond donors (Lipinski definition) is 0. The van der Waals surface area contributed by atoms with Crippen molar-refractivity contribution >= 4 is 5.91 Å². The number of piperidine rings is 1. The number of aromatic nitrogens is 2. The number of carbonyl (C=O) groups excluding carboxylic acids is 1. The minimum Gasteiger partial charge on any atom is -0.342 e. The Morgan fingerprint density at radius 2 is 2.00 bits per heavy atom. The molecule has 5 rings (SSSR count). The molecule has 0 N–H and O–H groups in total. The molecule has 2 aliphatic carbocycles. The van der Waals surface area contributed by atoms with Crippen molar-refractivity contribution in [2.75, 3.05) is 13.1 Å². The van der Waals surface area contributed by atoms with E-state index in [1.54, 1.807) is 0 Å². The summed E-state index contributed by atoms with van der Waals surface area (Å²) in [6.07, 6.45) is 7.00. The van der Waals surface area contributed by atoms with E-state index < -0.39 is 0 Å². The van der Waals surface area contributed by atoms with Gasteiger partial charge in [0.15, 0.2) is 0 Å². The third-order valence-corrected chi connectivity index (χ3v) is 6.61.